The molecular formula is C16H20O2Si. The molecule has 3 heteroatoms. The van der Waals surface area contributed by atoms with Gasteiger partial charge in [0.05, 0.1) is 0 Å². The zero-order chi connectivity index (χ0) is 13.5. The summed E-state index contributed by atoms with van der Waals surface area (Å²) in [6, 6.07) is 22.2. The molecule has 0 saturated heterocycles. The van der Waals surface area contributed by atoms with E-state index in [-0.39, 0.29) is 5.91 Å². The zero-order valence-corrected chi connectivity index (χ0v) is 12.6. The van der Waals surface area contributed by atoms with E-state index in [1.165, 1.54) is 10.8 Å². The van der Waals surface area contributed by atoms with E-state index in [0.29, 0.717) is 0 Å². The van der Waals surface area contributed by atoms with Crippen molar-refractivity contribution >= 4 is 14.0 Å². The number of benzene rings is 2. The Hall–Kier alpha value is -1.42. The standard InChI is InChI=1S/C16H20O2Si/c1-17-16(18-2)19(15-11-7-4-8-12-15)13-14-9-5-3-6-10-14/h3-12,16,19H,13H2,1-2H3. The van der Waals surface area contributed by atoms with Gasteiger partial charge in [-0.1, -0.05) is 71.4 Å². The Morgan fingerprint density at radius 2 is 1.37 bits per heavy atom. The van der Waals surface area contributed by atoms with Crippen LogP contribution in [0.3, 0.4) is 0 Å². The van der Waals surface area contributed by atoms with Gasteiger partial charge in [-0.25, -0.2) is 0 Å². The van der Waals surface area contributed by atoms with Crippen molar-refractivity contribution in [3.8, 4) is 0 Å². The molecule has 1 atom stereocenters. The average Bonchev–Trinajstić information content (AvgIpc) is 2.49. The van der Waals surface area contributed by atoms with E-state index >= 15 is 0 Å². The topological polar surface area (TPSA) is 18.5 Å². The summed E-state index contributed by atoms with van der Waals surface area (Å²) in [4.78, 5) is 0. The van der Waals surface area contributed by atoms with Gasteiger partial charge in [0.25, 0.3) is 0 Å². The van der Waals surface area contributed by atoms with Crippen LogP contribution < -0.4 is 5.19 Å². The molecule has 0 aliphatic heterocycles. The third kappa shape index (κ3) is 3.77. The molecular weight excluding hydrogens is 252 g/mol. The van der Waals surface area contributed by atoms with E-state index in [1.807, 2.05) is 12.1 Å². The van der Waals surface area contributed by atoms with Crippen LogP contribution in [0.25, 0.3) is 0 Å². The summed E-state index contributed by atoms with van der Waals surface area (Å²) in [5, 5.41) is 1.38. The first-order valence-electron chi connectivity index (χ1n) is 6.49. The molecule has 0 spiro atoms. The van der Waals surface area contributed by atoms with E-state index in [0.717, 1.165) is 6.04 Å². The van der Waals surface area contributed by atoms with Gasteiger partial charge in [-0.2, -0.15) is 0 Å². The summed E-state index contributed by atoms with van der Waals surface area (Å²) in [5.74, 6) is -0.0948. The van der Waals surface area contributed by atoms with E-state index in [4.69, 9.17) is 9.47 Å². The molecule has 0 saturated carbocycles. The SMILES string of the molecule is COC(OC)[SiH](Cc1ccccc1)c1ccccc1. The summed E-state index contributed by atoms with van der Waals surface area (Å²) in [6.07, 6.45) is 0. The quantitative estimate of drug-likeness (QED) is 0.592. The second-order valence-electron chi connectivity index (χ2n) is 4.55. The highest BCUT2D eigenvalue weighted by atomic mass is 28.3. The molecule has 2 nitrogen and oxygen atoms in total. The monoisotopic (exact) mass is 272 g/mol. The van der Waals surface area contributed by atoms with Gasteiger partial charge in [-0.05, 0) is 6.04 Å². The molecule has 19 heavy (non-hydrogen) atoms. The fourth-order valence-electron chi connectivity index (χ4n) is 2.36. The number of ether oxygens (including phenoxy) is 2. The first-order chi connectivity index (χ1) is 9.35. The fourth-order valence-corrected chi connectivity index (χ4v) is 5.26. The van der Waals surface area contributed by atoms with Crippen molar-refractivity contribution in [2.45, 2.75) is 12.0 Å². The van der Waals surface area contributed by atoms with Gasteiger partial charge in [0.15, 0.2) is 0 Å². The normalized spacial score (nSPS) is 12.6. The highest BCUT2D eigenvalue weighted by Gasteiger charge is 2.25. The Morgan fingerprint density at radius 1 is 0.842 bits per heavy atom. The first-order valence-corrected chi connectivity index (χ1v) is 8.55. The predicted molar refractivity (Wildman–Crippen MR) is 81.2 cm³/mol. The Labute approximate surface area is 116 Å². The summed E-state index contributed by atoms with van der Waals surface area (Å²) in [5.41, 5.74) is 1.35. The van der Waals surface area contributed by atoms with Crippen LogP contribution in [-0.4, -0.2) is 28.9 Å². The van der Waals surface area contributed by atoms with Crippen LogP contribution in [0.4, 0.5) is 0 Å². The van der Waals surface area contributed by atoms with Gasteiger partial charge < -0.3 is 9.47 Å². The van der Waals surface area contributed by atoms with Crippen LogP contribution in [0.1, 0.15) is 5.56 Å². The highest BCUT2D eigenvalue weighted by Crippen LogP contribution is 2.08. The predicted octanol–water partition coefficient (Wildman–Crippen LogP) is 2.06. The molecule has 0 radical (unpaired) electrons. The lowest BCUT2D eigenvalue weighted by Crippen LogP contribution is -2.46. The second-order valence-corrected chi connectivity index (χ2v) is 7.38. The first kappa shape index (κ1) is 14.0. The van der Waals surface area contributed by atoms with Crippen LogP contribution in [0.15, 0.2) is 60.7 Å². The fraction of sp³-hybridized carbons (Fsp3) is 0.250. The maximum absolute atomic E-state index is 5.53. The molecule has 2 aromatic carbocycles. The molecule has 2 rings (SSSR count). The van der Waals surface area contributed by atoms with E-state index in [1.54, 1.807) is 14.2 Å². The maximum atomic E-state index is 5.53. The Bertz CT molecular complexity index is 469. The molecule has 0 N–H and O–H groups in total. The minimum atomic E-state index is -1.38. The summed E-state index contributed by atoms with van der Waals surface area (Å²) in [6.45, 7) is 0. The van der Waals surface area contributed by atoms with Gasteiger partial charge in [-0.3, -0.25) is 0 Å². The summed E-state index contributed by atoms with van der Waals surface area (Å²) < 4.78 is 11.1. The molecule has 2 aromatic rings. The molecule has 0 aliphatic carbocycles. The van der Waals surface area contributed by atoms with Crippen molar-refractivity contribution in [3.05, 3.63) is 66.2 Å². The highest BCUT2D eigenvalue weighted by molar-refractivity contribution is 6.73. The van der Waals surface area contributed by atoms with Crippen molar-refractivity contribution in [2.24, 2.45) is 0 Å². The van der Waals surface area contributed by atoms with E-state index in [9.17, 15) is 0 Å². The van der Waals surface area contributed by atoms with Crippen LogP contribution in [-0.2, 0) is 15.5 Å². The lowest BCUT2D eigenvalue weighted by molar-refractivity contribution is -0.0462. The smallest absolute Gasteiger partial charge is 0.142 e. The molecule has 0 aromatic heterocycles. The number of hydrogen-bond donors (Lipinski definition) is 0. The minimum Gasteiger partial charge on any atom is -0.360 e. The van der Waals surface area contributed by atoms with Crippen LogP contribution in [0.5, 0.6) is 0 Å². The lowest BCUT2D eigenvalue weighted by atomic mass is 10.2. The van der Waals surface area contributed by atoms with Gasteiger partial charge >= 0.3 is 0 Å². The van der Waals surface area contributed by atoms with Crippen molar-refractivity contribution in [2.75, 3.05) is 14.2 Å². The van der Waals surface area contributed by atoms with E-state index in [2.05, 4.69) is 48.5 Å². The number of methoxy groups -OCH3 is 2. The lowest BCUT2D eigenvalue weighted by Gasteiger charge is -2.24. The second kappa shape index (κ2) is 7.24. The largest absolute Gasteiger partial charge is 0.360 e. The molecule has 0 heterocycles. The van der Waals surface area contributed by atoms with Gasteiger partial charge in [0.1, 0.15) is 14.7 Å². The van der Waals surface area contributed by atoms with Gasteiger partial charge in [-0.15, -0.1) is 0 Å². The van der Waals surface area contributed by atoms with Gasteiger partial charge in [0.2, 0.25) is 0 Å². The van der Waals surface area contributed by atoms with Crippen molar-refractivity contribution in [1.29, 1.82) is 0 Å². The molecule has 0 aliphatic rings. The molecule has 100 valence electrons. The molecule has 0 fully saturated rings. The van der Waals surface area contributed by atoms with Crippen LogP contribution >= 0.6 is 0 Å². The van der Waals surface area contributed by atoms with Gasteiger partial charge in [0, 0.05) is 14.2 Å². The summed E-state index contributed by atoms with van der Waals surface area (Å²) in [7, 11) is 2.07. The Balaban J connectivity index is 2.24. The minimum absolute atomic E-state index is 0.0948. The van der Waals surface area contributed by atoms with Crippen molar-refractivity contribution in [1.82, 2.24) is 0 Å². The van der Waals surface area contributed by atoms with Crippen LogP contribution in [0, 0.1) is 0 Å². The maximum Gasteiger partial charge on any atom is 0.142 e. The van der Waals surface area contributed by atoms with Crippen molar-refractivity contribution in [3.63, 3.8) is 0 Å². The molecule has 0 amide bonds. The van der Waals surface area contributed by atoms with Crippen LogP contribution in [0.2, 0.25) is 0 Å². The molecule has 1 unspecified atom stereocenters. The van der Waals surface area contributed by atoms with E-state index < -0.39 is 8.80 Å². The Morgan fingerprint density at radius 3 is 1.89 bits per heavy atom. The zero-order valence-electron chi connectivity index (χ0n) is 11.5. The Kier molecular flexibility index (Phi) is 5.33. The average molecular weight is 272 g/mol. The number of rotatable bonds is 6. The number of hydrogen-bond acceptors (Lipinski definition) is 2. The summed E-state index contributed by atoms with van der Waals surface area (Å²) >= 11 is 0. The van der Waals surface area contributed by atoms with Crippen molar-refractivity contribution < 1.29 is 9.47 Å². The third-order valence-corrected chi connectivity index (χ3v) is 6.67. The molecule has 0 bridgehead atoms. The third-order valence-electron chi connectivity index (χ3n) is 3.32.